The average Bonchev–Trinajstić information content (AvgIpc) is 3.30. The maximum absolute atomic E-state index is 7.10. The van der Waals surface area contributed by atoms with Gasteiger partial charge in [-0.25, -0.2) is 0 Å². The summed E-state index contributed by atoms with van der Waals surface area (Å²) in [6.45, 7) is 0.565. The summed E-state index contributed by atoms with van der Waals surface area (Å²) in [6.07, 6.45) is 0. The zero-order valence-corrected chi connectivity index (χ0v) is 32.8. The van der Waals surface area contributed by atoms with Crippen LogP contribution in [0, 0.1) is 0 Å². The molecular formula is C48H40B2N2O8. The predicted octanol–water partition coefficient (Wildman–Crippen LogP) is 6.98. The summed E-state index contributed by atoms with van der Waals surface area (Å²) < 4.78 is 54.8. The van der Waals surface area contributed by atoms with Crippen molar-refractivity contribution in [1.82, 2.24) is 0 Å². The van der Waals surface area contributed by atoms with Crippen molar-refractivity contribution in [2.24, 2.45) is 0 Å². The fraction of sp³-hybridized carbons (Fsp3) is 0.167. The van der Waals surface area contributed by atoms with Gasteiger partial charge in [-0.2, -0.15) is 0 Å². The molecule has 296 valence electrons. The van der Waals surface area contributed by atoms with Gasteiger partial charge < -0.3 is 47.9 Å². The first-order valence-electron chi connectivity index (χ1n) is 21.0. The van der Waals surface area contributed by atoms with E-state index in [2.05, 4.69) is 83.4 Å². The Bertz CT molecular complexity index is 2700. The number of nitrogens with two attached hydrogens (primary N) is 2. The van der Waals surface area contributed by atoms with E-state index in [9.17, 15) is 0 Å². The van der Waals surface area contributed by atoms with Crippen molar-refractivity contribution < 1.29 is 47.9 Å². The highest BCUT2D eigenvalue weighted by Gasteiger charge is 2.49. The van der Waals surface area contributed by atoms with Crippen LogP contribution in [0.2, 0.25) is 0 Å². The van der Waals surface area contributed by atoms with E-state index in [0.717, 1.165) is 87.6 Å². The van der Waals surface area contributed by atoms with E-state index >= 15 is 0 Å². The van der Waals surface area contributed by atoms with Gasteiger partial charge in [0.2, 0.25) is 0 Å². The van der Waals surface area contributed by atoms with Crippen LogP contribution in [-0.2, 0) is 45.0 Å². The number of benzene rings is 8. The molecule has 4 N–H and O–H groups in total. The van der Waals surface area contributed by atoms with E-state index in [1.54, 1.807) is 0 Å². The zero-order valence-electron chi connectivity index (χ0n) is 32.8. The Morgan fingerprint density at radius 1 is 0.333 bits per heavy atom. The minimum absolute atomic E-state index is 0.214. The predicted molar refractivity (Wildman–Crippen MR) is 230 cm³/mol. The molecule has 10 nitrogen and oxygen atoms in total. The summed E-state index contributed by atoms with van der Waals surface area (Å²) in [5.41, 5.74) is 6.91. The molecule has 60 heavy (non-hydrogen) atoms. The lowest BCUT2D eigenvalue weighted by Gasteiger charge is -2.51. The molecule has 0 saturated carbocycles. The average molecular weight is 794 g/mol. The van der Waals surface area contributed by atoms with E-state index < -0.39 is 13.9 Å². The lowest BCUT2D eigenvalue weighted by Crippen LogP contribution is -3.04. The Balaban J connectivity index is 0.000000571. The maximum Gasteiger partial charge on any atom is 0.652 e. The third-order valence-corrected chi connectivity index (χ3v) is 12.8. The van der Waals surface area contributed by atoms with Crippen LogP contribution in [-0.4, -0.2) is 40.1 Å². The molecule has 0 aliphatic carbocycles. The van der Waals surface area contributed by atoms with E-state index in [-0.39, 0.29) is 26.4 Å². The maximum atomic E-state index is 7.10. The van der Waals surface area contributed by atoms with Crippen molar-refractivity contribution in [2.75, 3.05) is 26.2 Å². The number of hydrogen-bond acceptors (Lipinski definition) is 8. The molecule has 6 aliphatic heterocycles. The zero-order chi connectivity index (χ0) is 39.4. The molecule has 1 fully saturated rings. The number of quaternary nitrogens is 2. The number of piperazine rings is 1. The van der Waals surface area contributed by atoms with Gasteiger partial charge in [0.15, 0.2) is 0 Å². The Kier molecular flexibility index (Phi) is 7.64. The normalized spacial score (nSPS) is 18.5. The molecule has 0 aromatic heterocycles. The van der Waals surface area contributed by atoms with Crippen molar-refractivity contribution in [3.05, 3.63) is 144 Å². The van der Waals surface area contributed by atoms with E-state index in [4.69, 9.17) is 37.2 Å². The van der Waals surface area contributed by atoms with Gasteiger partial charge in [0, 0.05) is 70.9 Å². The van der Waals surface area contributed by atoms with Gasteiger partial charge in [-0.1, -0.05) is 97.1 Å². The second kappa shape index (κ2) is 13.2. The van der Waals surface area contributed by atoms with Crippen molar-refractivity contribution in [2.45, 2.75) is 26.4 Å². The number of rotatable bonds is 0. The molecule has 6 heterocycles. The van der Waals surface area contributed by atoms with Crippen molar-refractivity contribution in [1.29, 1.82) is 0 Å². The van der Waals surface area contributed by atoms with Crippen LogP contribution in [0.3, 0.4) is 0 Å². The van der Waals surface area contributed by atoms with Crippen LogP contribution in [0.15, 0.2) is 121 Å². The summed E-state index contributed by atoms with van der Waals surface area (Å²) >= 11 is 0. The van der Waals surface area contributed by atoms with Gasteiger partial charge in [-0.05, 0) is 67.4 Å². The van der Waals surface area contributed by atoms with E-state index in [0.29, 0.717) is 23.0 Å². The summed E-state index contributed by atoms with van der Waals surface area (Å²) in [4.78, 5) is 0. The lowest BCUT2D eigenvalue weighted by atomic mass is 9.83. The highest BCUT2D eigenvalue weighted by atomic mass is 16.9. The summed E-state index contributed by atoms with van der Waals surface area (Å²) in [6, 6.07) is 41.7. The van der Waals surface area contributed by atoms with Gasteiger partial charge in [0.1, 0.15) is 26.2 Å². The largest absolute Gasteiger partial charge is 0.652 e. The van der Waals surface area contributed by atoms with Crippen LogP contribution in [0.4, 0.5) is 0 Å². The molecule has 8 aromatic rings. The number of fused-ring (bicyclic) bond motifs is 10. The third kappa shape index (κ3) is 5.26. The Labute approximate surface area is 345 Å². The number of hydrogen-bond donors (Lipinski definition) is 2. The highest BCUT2D eigenvalue weighted by Crippen LogP contribution is 2.56. The molecule has 12 heteroatoms. The van der Waals surface area contributed by atoms with Crippen molar-refractivity contribution in [3.63, 3.8) is 0 Å². The third-order valence-electron chi connectivity index (χ3n) is 12.8. The molecule has 6 aliphatic rings. The first-order chi connectivity index (χ1) is 29.6. The monoisotopic (exact) mass is 794 g/mol. The molecule has 1 saturated heterocycles. The fourth-order valence-corrected chi connectivity index (χ4v) is 10.0. The van der Waals surface area contributed by atoms with Crippen molar-refractivity contribution in [3.8, 4) is 45.3 Å². The molecule has 8 aromatic carbocycles. The topological polar surface area (TPSA) is 107 Å². The van der Waals surface area contributed by atoms with Gasteiger partial charge in [0.05, 0.1) is 23.0 Å². The highest BCUT2D eigenvalue weighted by molar-refractivity contribution is 6.57. The molecule has 0 radical (unpaired) electrons. The Hall–Kier alpha value is -6.11. The van der Waals surface area contributed by atoms with Crippen LogP contribution < -0.4 is 29.3 Å². The van der Waals surface area contributed by atoms with Gasteiger partial charge in [0.25, 0.3) is 0 Å². The van der Waals surface area contributed by atoms with Crippen LogP contribution in [0.25, 0.3) is 65.3 Å². The Morgan fingerprint density at radius 3 is 0.833 bits per heavy atom. The second-order valence-corrected chi connectivity index (χ2v) is 16.4. The summed E-state index contributed by atoms with van der Waals surface area (Å²) in [7, 11) is 0. The molecule has 0 amide bonds. The van der Waals surface area contributed by atoms with E-state index in [1.807, 2.05) is 48.5 Å². The van der Waals surface area contributed by atoms with Crippen LogP contribution >= 0.6 is 0 Å². The van der Waals surface area contributed by atoms with Crippen molar-refractivity contribution >= 4 is 57.0 Å². The summed E-state index contributed by atoms with van der Waals surface area (Å²) in [5.74, 6) is 2.49. The molecule has 2 spiro atoms. The standard InChI is InChI=1S/C44H28B2O8.C4H10N2/c1-5-13-33-25(9-1)17-29-21-47-45-48-23-31-19-27-11-3-7-15-35(27)39(43(31)53-45)40-36-16-8-4-12-28(36)20-32-24-50-46(54-44(32)40)49-22-30-18-26-10-2-6-14-34(26)38(42(30)52-46)37(33)41(29)51-45;1-2-6-4-3-5-1/h1-20H,21-24H2;5-6H,1-4H2/q-2;/p+2. The quantitative estimate of drug-likeness (QED) is 0.159. The second-order valence-electron chi connectivity index (χ2n) is 16.4. The molecule has 0 unspecified atom stereocenters. The van der Waals surface area contributed by atoms with Gasteiger partial charge >= 0.3 is 13.9 Å². The summed E-state index contributed by atoms with van der Waals surface area (Å²) in [5, 5.41) is 12.8. The first kappa shape index (κ1) is 34.7. The van der Waals surface area contributed by atoms with E-state index in [1.165, 1.54) is 26.2 Å². The minimum Gasteiger partial charge on any atom is -0.634 e. The SMILES string of the molecule is C1C[NH2+]CC[NH2+]1.c1ccc2c3c4c(cc2c1)CO[B-]1(OCc2cc5ccccc5c(c2O1)-c1c2c(cc5ccccc15)CO[B-]1(OCc5cc6ccccc6c-3c5O1)O2)O4. The van der Waals surface area contributed by atoms with Crippen LogP contribution in [0.5, 0.6) is 23.0 Å². The van der Waals surface area contributed by atoms with Gasteiger partial charge in [-0.15, -0.1) is 0 Å². The smallest absolute Gasteiger partial charge is 0.634 e. The molecule has 14 rings (SSSR count). The minimum atomic E-state index is -2.79. The van der Waals surface area contributed by atoms with Crippen LogP contribution in [0.1, 0.15) is 22.3 Å². The molecule has 6 bridgehead atoms. The Morgan fingerprint density at radius 2 is 0.583 bits per heavy atom. The lowest BCUT2D eigenvalue weighted by molar-refractivity contribution is -0.787. The molecule has 0 atom stereocenters. The molecular weight excluding hydrogens is 754 g/mol. The van der Waals surface area contributed by atoms with Gasteiger partial charge in [-0.3, -0.25) is 0 Å². The fourth-order valence-electron chi connectivity index (χ4n) is 10.0. The first-order valence-corrected chi connectivity index (χ1v) is 21.0.